The molecule has 236 valence electrons. The van der Waals surface area contributed by atoms with Crippen LogP contribution < -0.4 is 0 Å². The molecule has 6 nitrogen and oxygen atoms in total. The number of cyclic esters (lactones) is 1. The van der Waals surface area contributed by atoms with Crippen LogP contribution in [0.4, 0.5) is 0 Å². The van der Waals surface area contributed by atoms with Gasteiger partial charge in [0.05, 0.1) is 24.9 Å². The minimum Gasteiger partial charge on any atom is -0.450 e. The first-order chi connectivity index (χ1) is 19.7. The molecule has 0 aliphatic carbocycles. The van der Waals surface area contributed by atoms with Crippen molar-refractivity contribution in [1.82, 2.24) is 0 Å². The second kappa shape index (κ2) is 15.3. The van der Waals surface area contributed by atoms with E-state index in [4.69, 9.17) is 23.4 Å². The lowest BCUT2D eigenvalue weighted by atomic mass is 9.91. The zero-order valence-electron chi connectivity index (χ0n) is 27.6. The summed E-state index contributed by atoms with van der Waals surface area (Å²) in [5.74, 6) is 4.82. The SMILES string of the molecule is C=C1CC(O[Si](C(C)C)(C(C)C)C(C)C)C=CC[C@@H]([C@@H]2COC(C)(C)O2)OC(=O)C#CC[C@@H]2C=CC[C@@H](C[C@@H](C)C1)O2. The van der Waals surface area contributed by atoms with Gasteiger partial charge in [-0.2, -0.15) is 0 Å². The average molecular weight is 601 g/mol. The first-order valence-corrected chi connectivity index (χ1v) is 18.2. The van der Waals surface area contributed by atoms with E-state index in [0.717, 1.165) is 25.7 Å². The molecule has 2 bridgehead atoms. The highest BCUT2D eigenvalue weighted by Gasteiger charge is 2.46. The van der Waals surface area contributed by atoms with Gasteiger partial charge in [0, 0.05) is 18.8 Å². The van der Waals surface area contributed by atoms with Crippen molar-refractivity contribution in [2.45, 2.75) is 154 Å². The molecular formula is C35H56O6Si. The van der Waals surface area contributed by atoms with E-state index in [1.807, 2.05) is 19.9 Å². The fourth-order valence-corrected chi connectivity index (χ4v) is 12.6. The molecule has 1 saturated heterocycles. The van der Waals surface area contributed by atoms with Crippen LogP contribution in [0.3, 0.4) is 0 Å². The molecular weight excluding hydrogens is 544 g/mol. The van der Waals surface area contributed by atoms with E-state index in [9.17, 15) is 4.79 Å². The van der Waals surface area contributed by atoms with Crippen LogP contribution in [0.5, 0.6) is 0 Å². The van der Waals surface area contributed by atoms with Crippen LogP contribution in [0.1, 0.15) is 101 Å². The summed E-state index contributed by atoms with van der Waals surface area (Å²) in [4.78, 5) is 12.8. The molecule has 6 atom stereocenters. The summed E-state index contributed by atoms with van der Waals surface area (Å²) in [6.07, 6.45) is 12.0. The van der Waals surface area contributed by atoms with Gasteiger partial charge in [0.15, 0.2) is 5.79 Å². The van der Waals surface area contributed by atoms with Gasteiger partial charge in [-0.25, -0.2) is 4.79 Å². The first-order valence-electron chi connectivity index (χ1n) is 16.1. The van der Waals surface area contributed by atoms with Gasteiger partial charge in [-0.3, -0.25) is 0 Å². The van der Waals surface area contributed by atoms with Gasteiger partial charge in [-0.1, -0.05) is 90.8 Å². The van der Waals surface area contributed by atoms with Crippen molar-refractivity contribution in [2.75, 3.05) is 6.61 Å². The average Bonchev–Trinajstić information content (AvgIpc) is 3.24. The Labute approximate surface area is 256 Å². The van der Waals surface area contributed by atoms with Crippen molar-refractivity contribution in [3.05, 3.63) is 36.5 Å². The summed E-state index contributed by atoms with van der Waals surface area (Å²) in [6.45, 7) is 24.8. The fraction of sp³-hybridized carbons (Fsp3) is 0.743. The molecule has 3 heterocycles. The van der Waals surface area contributed by atoms with Crippen molar-refractivity contribution >= 4 is 14.3 Å². The lowest BCUT2D eigenvalue weighted by molar-refractivity contribution is -0.166. The maximum absolute atomic E-state index is 12.8. The summed E-state index contributed by atoms with van der Waals surface area (Å²) in [7, 11) is -2.15. The molecule has 3 aliphatic heterocycles. The molecule has 0 spiro atoms. The Bertz CT molecular complexity index is 1010. The van der Waals surface area contributed by atoms with Gasteiger partial charge in [0.1, 0.15) is 12.2 Å². The molecule has 7 heteroatoms. The normalized spacial score (nSPS) is 31.5. The zero-order valence-corrected chi connectivity index (χ0v) is 28.6. The highest BCUT2D eigenvalue weighted by molar-refractivity contribution is 6.77. The van der Waals surface area contributed by atoms with Crippen LogP contribution in [-0.2, 0) is 28.2 Å². The van der Waals surface area contributed by atoms with E-state index >= 15 is 0 Å². The Morgan fingerprint density at radius 2 is 1.67 bits per heavy atom. The fourth-order valence-electron chi connectivity index (χ4n) is 7.14. The maximum Gasteiger partial charge on any atom is 0.384 e. The monoisotopic (exact) mass is 600 g/mol. The van der Waals surface area contributed by atoms with Crippen molar-refractivity contribution in [3.63, 3.8) is 0 Å². The highest BCUT2D eigenvalue weighted by Crippen LogP contribution is 2.44. The number of fused-ring (bicyclic) bond motifs is 2. The van der Waals surface area contributed by atoms with Crippen molar-refractivity contribution in [3.8, 4) is 11.8 Å². The van der Waals surface area contributed by atoms with E-state index < -0.39 is 26.2 Å². The Morgan fingerprint density at radius 1 is 1.00 bits per heavy atom. The predicted molar refractivity (Wildman–Crippen MR) is 171 cm³/mol. The van der Waals surface area contributed by atoms with Gasteiger partial charge in [0.25, 0.3) is 0 Å². The maximum atomic E-state index is 12.8. The topological polar surface area (TPSA) is 63.2 Å². The molecule has 0 N–H and O–H groups in total. The number of hydrogen-bond donors (Lipinski definition) is 0. The largest absolute Gasteiger partial charge is 0.450 e. The van der Waals surface area contributed by atoms with Gasteiger partial charge < -0.3 is 23.4 Å². The summed E-state index contributed by atoms with van der Waals surface area (Å²) in [5.41, 5.74) is 2.60. The molecule has 0 aromatic heterocycles. The highest BCUT2D eigenvalue weighted by atomic mass is 28.4. The molecule has 1 unspecified atom stereocenters. The van der Waals surface area contributed by atoms with E-state index in [1.54, 1.807) is 0 Å². The first kappa shape index (κ1) is 34.8. The van der Waals surface area contributed by atoms with Crippen LogP contribution in [0.25, 0.3) is 0 Å². The Kier molecular flexibility index (Phi) is 12.7. The van der Waals surface area contributed by atoms with Crippen molar-refractivity contribution in [2.24, 2.45) is 5.92 Å². The van der Waals surface area contributed by atoms with E-state index in [0.29, 0.717) is 42.0 Å². The van der Waals surface area contributed by atoms with Crippen LogP contribution >= 0.6 is 0 Å². The molecule has 3 aliphatic rings. The quantitative estimate of drug-likeness (QED) is 0.101. The van der Waals surface area contributed by atoms with Gasteiger partial charge in [-0.15, -0.1) is 0 Å². The van der Waals surface area contributed by atoms with Crippen molar-refractivity contribution < 1.29 is 28.2 Å². The van der Waals surface area contributed by atoms with E-state index in [2.05, 4.69) is 85.1 Å². The summed E-state index contributed by atoms with van der Waals surface area (Å²) in [6, 6.07) is 0. The number of esters is 1. The molecule has 3 rings (SSSR count). The molecule has 42 heavy (non-hydrogen) atoms. The number of carbonyl (C=O) groups excluding carboxylic acids is 1. The molecule has 0 amide bonds. The van der Waals surface area contributed by atoms with Crippen LogP contribution in [0.15, 0.2) is 36.5 Å². The van der Waals surface area contributed by atoms with Crippen molar-refractivity contribution in [1.29, 1.82) is 0 Å². The minimum absolute atomic E-state index is 0.103. The molecule has 0 saturated carbocycles. The van der Waals surface area contributed by atoms with Gasteiger partial charge in [0.2, 0.25) is 8.32 Å². The van der Waals surface area contributed by atoms with Gasteiger partial charge in [-0.05, 0) is 62.1 Å². The van der Waals surface area contributed by atoms with E-state index in [-0.39, 0.29) is 24.4 Å². The predicted octanol–water partition coefficient (Wildman–Crippen LogP) is 8.04. The minimum atomic E-state index is -2.15. The Hall–Kier alpha value is -1.69. The Balaban J connectivity index is 1.92. The van der Waals surface area contributed by atoms with Crippen LogP contribution in [0, 0.1) is 17.8 Å². The second-order valence-electron chi connectivity index (χ2n) is 13.9. The Morgan fingerprint density at radius 3 is 2.29 bits per heavy atom. The number of carbonyl (C=O) groups is 1. The standard InChI is InChI=1S/C35H56O6Si/c1-24(2)42(25(3)4,26(5)6)41-31-17-12-18-32(33-23-37-35(9,10)40-33)39-34(36)19-13-15-29-14-11-16-30(38-29)21-27(7)20-28(8)22-31/h11-12,14,17,24-27,29-33H,8,15-16,18,20-23H2,1-7,9-10H3/t27-,29-,30-,31?,32-,33-/m0/s1. The molecule has 0 aromatic rings. The van der Waals surface area contributed by atoms with E-state index in [1.165, 1.54) is 5.57 Å². The number of hydrogen-bond acceptors (Lipinski definition) is 6. The van der Waals surface area contributed by atoms with Crippen LogP contribution in [-0.4, -0.2) is 57.2 Å². The number of ether oxygens (including phenoxy) is 4. The summed E-state index contributed by atoms with van der Waals surface area (Å²) in [5, 5.41) is 0. The third-order valence-electron chi connectivity index (χ3n) is 8.89. The summed E-state index contributed by atoms with van der Waals surface area (Å²) >= 11 is 0. The smallest absolute Gasteiger partial charge is 0.384 e. The zero-order chi connectivity index (χ0) is 31.1. The molecule has 0 aromatic carbocycles. The number of rotatable bonds is 6. The lowest BCUT2D eigenvalue weighted by Gasteiger charge is -2.44. The summed E-state index contributed by atoms with van der Waals surface area (Å²) < 4.78 is 31.4. The second-order valence-corrected chi connectivity index (χ2v) is 19.3. The molecule has 0 radical (unpaired) electrons. The van der Waals surface area contributed by atoms with Gasteiger partial charge >= 0.3 is 5.97 Å². The third kappa shape index (κ3) is 9.66. The lowest BCUT2D eigenvalue weighted by Crippen LogP contribution is -2.50. The van der Waals surface area contributed by atoms with Crippen LogP contribution in [0.2, 0.25) is 16.6 Å². The molecule has 1 fully saturated rings. The third-order valence-corrected chi connectivity index (χ3v) is 15.0.